The molecule has 4 rings (SSSR count). The van der Waals surface area contributed by atoms with Crippen molar-refractivity contribution in [3.63, 3.8) is 0 Å². The molecular weight excluding hydrogens is 585 g/mol. The highest BCUT2D eigenvalue weighted by Gasteiger charge is 2.54. The summed E-state index contributed by atoms with van der Waals surface area (Å²) in [5.74, 6) is -2.29. The summed E-state index contributed by atoms with van der Waals surface area (Å²) in [7, 11) is 2.84. The van der Waals surface area contributed by atoms with E-state index in [1.54, 1.807) is 7.05 Å². The third kappa shape index (κ3) is 5.27. The van der Waals surface area contributed by atoms with Crippen LogP contribution in [0.3, 0.4) is 0 Å². The van der Waals surface area contributed by atoms with Gasteiger partial charge >= 0.3 is 5.97 Å². The van der Waals surface area contributed by atoms with Crippen LogP contribution >= 0.6 is 46.7 Å². The quantitative estimate of drug-likeness (QED) is 0.111. The van der Waals surface area contributed by atoms with Crippen molar-refractivity contribution in [1.29, 1.82) is 0 Å². The number of carbonyl (C=O) groups excluding carboxylic acids is 3. The number of halogens is 2. The number of hydrogen-bond acceptors (Lipinski definition) is 12. The first kappa shape index (κ1) is 27.6. The van der Waals surface area contributed by atoms with Crippen LogP contribution in [0.25, 0.3) is 0 Å². The van der Waals surface area contributed by atoms with E-state index in [2.05, 4.69) is 36.3 Å². The molecule has 3 N–H and O–H groups in total. The zero-order chi connectivity index (χ0) is 27.6. The Morgan fingerprint density at radius 1 is 1.39 bits per heavy atom. The Morgan fingerprint density at radius 2 is 2.16 bits per heavy atom. The summed E-state index contributed by atoms with van der Waals surface area (Å²) in [5, 5.41) is 29.3. The van der Waals surface area contributed by atoms with E-state index >= 15 is 0 Å². The number of aliphatic carboxylic acids is 1. The van der Waals surface area contributed by atoms with E-state index in [1.165, 1.54) is 41.4 Å². The summed E-state index contributed by atoms with van der Waals surface area (Å²) in [5.41, 5.74) is -0.189. The fraction of sp³-hybridized carbons (Fsp3) is 0.316. The van der Waals surface area contributed by atoms with Crippen molar-refractivity contribution in [2.75, 3.05) is 23.9 Å². The summed E-state index contributed by atoms with van der Waals surface area (Å²) < 4.78 is 1.45. The molecule has 38 heavy (non-hydrogen) atoms. The Hall–Kier alpha value is -3.41. The molecule has 4 heterocycles. The number of thioether (sulfide) groups is 2. The summed E-state index contributed by atoms with van der Waals surface area (Å²) >= 11 is 14.7. The van der Waals surface area contributed by atoms with Crippen LogP contribution in [0.15, 0.2) is 27.6 Å². The topological polar surface area (TPSA) is 194 Å². The Labute approximate surface area is 232 Å². The summed E-state index contributed by atoms with van der Waals surface area (Å²) in [6.07, 6.45) is 0.339. The summed E-state index contributed by atoms with van der Waals surface area (Å²) in [4.78, 5) is 59.1. The largest absolute Gasteiger partial charge is 0.477 e. The Bertz CT molecular complexity index is 1380. The van der Waals surface area contributed by atoms with Crippen molar-refractivity contribution in [2.45, 2.75) is 16.6 Å². The molecule has 1 fully saturated rings. The number of amides is 3. The monoisotopic (exact) mass is 601 g/mol. The molecule has 200 valence electrons. The van der Waals surface area contributed by atoms with E-state index in [4.69, 9.17) is 28.0 Å². The van der Waals surface area contributed by atoms with Crippen LogP contribution in [-0.2, 0) is 31.1 Å². The molecule has 15 nitrogen and oxygen atoms in total. The molecule has 0 saturated carbocycles. The number of carboxylic acids is 1. The highest BCUT2D eigenvalue weighted by atomic mass is 35.5. The van der Waals surface area contributed by atoms with Crippen LogP contribution in [0.2, 0.25) is 10.0 Å². The van der Waals surface area contributed by atoms with Crippen LogP contribution in [0.5, 0.6) is 0 Å². The van der Waals surface area contributed by atoms with E-state index in [-0.39, 0.29) is 33.0 Å². The van der Waals surface area contributed by atoms with Gasteiger partial charge in [-0.2, -0.15) is 0 Å². The third-order valence-corrected chi connectivity index (χ3v) is 8.25. The maximum Gasteiger partial charge on any atom is 0.352 e. The van der Waals surface area contributed by atoms with Crippen molar-refractivity contribution in [3.05, 3.63) is 33.1 Å². The molecule has 0 aliphatic carbocycles. The van der Waals surface area contributed by atoms with Gasteiger partial charge in [-0.1, -0.05) is 40.1 Å². The van der Waals surface area contributed by atoms with Crippen LogP contribution in [0.1, 0.15) is 5.69 Å². The molecule has 2 aromatic rings. The number of rotatable bonds is 10. The molecule has 2 aliphatic heterocycles. The SMILES string of the molecule is CON=C(C(=O)NC1C(=O)N2C(C(=O)O)=C(CSc3nnnn3C)CS[C@@H]12)c1nc(NC=O)c(Cl)cc1Cl. The first-order valence-corrected chi connectivity index (χ1v) is 13.2. The van der Waals surface area contributed by atoms with Crippen LogP contribution in [0, 0.1) is 0 Å². The standard InChI is InChI=1S/C19H17Cl2N9O6S2/c1-29-19(25-27-28-29)38-5-7-4-37-17-12(16(33)30(17)13(7)18(34)35)24-15(32)11(26-36-2)10-8(20)3-9(21)14(23-10)22-6-31/h3,6,12,17H,4-5H2,1-2H3,(H,24,32)(H,34,35)(H,22,23,31)/t12?,17-/m0/s1. The number of carbonyl (C=O) groups is 4. The van der Waals surface area contributed by atoms with Crippen molar-refractivity contribution >= 4 is 82.4 Å². The molecule has 19 heteroatoms. The molecule has 1 saturated heterocycles. The van der Waals surface area contributed by atoms with Gasteiger partial charge in [0.1, 0.15) is 29.9 Å². The predicted molar refractivity (Wildman–Crippen MR) is 137 cm³/mol. The van der Waals surface area contributed by atoms with Gasteiger partial charge in [-0.25, -0.2) is 14.5 Å². The number of aryl methyl sites for hydroxylation is 1. The van der Waals surface area contributed by atoms with E-state index < -0.39 is 34.9 Å². The van der Waals surface area contributed by atoms with Crippen molar-refractivity contribution in [1.82, 2.24) is 35.4 Å². The van der Waals surface area contributed by atoms with E-state index in [1.807, 2.05) is 0 Å². The minimum Gasteiger partial charge on any atom is -0.477 e. The molecule has 0 radical (unpaired) electrons. The maximum atomic E-state index is 13.1. The number of nitrogens with zero attached hydrogens (tertiary/aromatic N) is 7. The molecule has 2 aliphatic rings. The Balaban J connectivity index is 1.54. The zero-order valence-corrected chi connectivity index (χ0v) is 22.6. The van der Waals surface area contributed by atoms with Gasteiger partial charge in [-0.05, 0) is 22.1 Å². The first-order valence-electron chi connectivity index (χ1n) is 10.4. The second kappa shape index (κ2) is 11.5. The molecule has 1 unspecified atom stereocenters. The molecule has 3 amide bonds. The number of oxime groups is 1. The second-order valence-electron chi connectivity index (χ2n) is 7.53. The molecule has 0 bridgehead atoms. The Morgan fingerprint density at radius 3 is 2.79 bits per heavy atom. The smallest absolute Gasteiger partial charge is 0.352 e. The van der Waals surface area contributed by atoms with Gasteiger partial charge in [0.25, 0.3) is 11.8 Å². The predicted octanol–water partition coefficient (Wildman–Crippen LogP) is 0.362. The van der Waals surface area contributed by atoms with Crippen LogP contribution in [0.4, 0.5) is 5.82 Å². The highest BCUT2D eigenvalue weighted by Crippen LogP contribution is 2.41. The Kier molecular flexibility index (Phi) is 8.39. The van der Waals surface area contributed by atoms with E-state index in [0.29, 0.717) is 22.9 Å². The first-order chi connectivity index (χ1) is 18.2. The fourth-order valence-corrected chi connectivity index (χ4v) is 6.41. The third-order valence-electron chi connectivity index (χ3n) is 5.24. The van der Waals surface area contributed by atoms with Gasteiger partial charge in [0.2, 0.25) is 11.6 Å². The molecule has 0 aromatic carbocycles. The van der Waals surface area contributed by atoms with Gasteiger partial charge in [0.15, 0.2) is 11.5 Å². The van der Waals surface area contributed by atoms with Crippen molar-refractivity contribution in [3.8, 4) is 0 Å². The number of aromatic nitrogens is 5. The lowest BCUT2D eigenvalue weighted by Gasteiger charge is -2.49. The number of carboxylic acid groups (broad SMARTS) is 1. The summed E-state index contributed by atoms with van der Waals surface area (Å²) in [6, 6.07) is 0.198. The lowest BCUT2D eigenvalue weighted by atomic mass is 10.0. The fourth-order valence-electron chi connectivity index (χ4n) is 3.57. The van der Waals surface area contributed by atoms with E-state index in [9.17, 15) is 24.3 Å². The minimum absolute atomic E-state index is 0.0174. The number of fused-ring (bicyclic) bond motifs is 1. The maximum absolute atomic E-state index is 13.1. The average molecular weight is 602 g/mol. The van der Waals surface area contributed by atoms with Gasteiger partial charge in [-0.3, -0.25) is 19.3 Å². The molecular formula is C19H17Cl2N9O6S2. The number of anilines is 1. The number of pyridine rings is 1. The molecule has 2 atom stereocenters. The van der Waals surface area contributed by atoms with E-state index in [0.717, 1.165) is 4.90 Å². The lowest BCUT2D eigenvalue weighted by Crippen LogP contribution is -2.71. The van der Waals surface area contributed by atoms with Crippen molar-refractivity contribution in [2.24, 2.45) is 12.2 Å². The lowest BCUT2D eigenvalue weighted by molar-refractivity contribution is -0.150. The number of β-lactam (4-membered cyclic amide) rings is 1. The van der Waals surface area contributed by atoms with Crippen LogP contribution < -0.4 is 10.6 Å². The van der Waals surface area contributed by atoms with Gasteiger partial charge < -0.3 is 20.6 Å². The molecule has 2 aromatic heterocycles. The van der Waals surface area contributed by atoms with Gasteiger partial charge in [0, 0.05) is 18.6 Å². The second-order valence-corrected chi connectivity index (χ2v) is 10.4. The normalized spacial score (nSPS) is 19.0. The number of hydrogen-bond donors (Lipinski definition) is 3. The number of tetrazole rings is 1. The zero-order valence-electron chi connectivity index (χ0n) is 19.4. The van der Waals surface area contributed by atoms with Crippen molar-refractivity contribution < 1.29 is 29.1 Å². The summed E-state index contributed by atoms with van der Waals surface area (Å²) in [6.45, 7) is 0. The van der Waals surface area contributed by atoms with Gasteiger partial charge in [-0.15, -0.1) is 16.9 Å². The minimum atomic E-state index is -1.27. The average Bonchev–Trinajstić information content (AvgIpc) is 3.30. The van der Waals surface area contributed by atoms with Gasteiger partial charge in [0.05, 0.1) is 10.0 Å². The molecule has 0 spiro atoms. The number of nitrogens with one attached hydrogen (secondary N) is 2. The van der Waals surface area contributed by atoms with Crippen LogP contribution in [-0.4, -0.2) is 95.1 Å². The highest BCUT2D eigenvalue weighted by molar-refractivity contribution is 8.01.